The van der Waals surface area contributed by atoms with E-state index < -0.39 is 10.1 Å². The van der Waals surface area contributed by atoms with E-state index in [2.05, 4.69) is 38.4 Å². The van der Waals surface area contributed by atoms with E-state index in [1.165, 1.54) is 12.1 Å². The second-order valence-electron chi connectivity index (χ2n) is 4.55. The predicted octanol–water partition coefficient (Wildman–Crippen LogP) is 0.588. The van der Waals surface area contributed by atoms with Gasteiger partial charge in [-0.25, -0.2) is 0 Å². The van der Waals surface area contributed by atoms with Gasteiger partial charge in [-0.15, -0.1) is 0 Å². The van der Waals surface area contributed by atoms with E-state index in [1.807, 2.05) is 0 Å². The van der Waals surface area contributed by atoms with Gasteiger partial charge in [0.2, 0.25) is 0 Å². The summed E-state index contributed by atoms with van der Waals surface area (Å²) in [5.74, 6) is 4.55. The van der Waals surface area contributed by atoms with Crippen molar-refractivity contribution in [3.05, 3.63) is 30.3 Å². The van der Waals surface area contributed by atoms with Crippen molar-refractivity contribution in [3.8, 4) is 0 Å². The number of nitrogens with two attached hydrogens (primary N) is 1. The third kappa shape index (κ3) is 7.36. The van der Waals surface area contributed by atoms with Crippen molar-refractivity contribution < 1.29 is 17.2 Å². The van der Waals surface area contributed by atoms with E-state index in [0.29, 0.717) is 0 Å². The fraction of sp³-hybridized carbons (Fsp3) is 0.400. The van der Waals surface area contributed by atoms with Crippen LogP contribution in [0, 0.1) is 0 Å². The molecule has 1 aromatic carbocycles. The maximum atomic E-state index is 10.9. The molecule has 0 bridgehead atoms. The molecule has 0 amide bonds. The van der Waals surface area contributed by atoms with E-state index in [1.54, 1.807) is 18.2 Å². The lowest BCUT2D eigenvalue weighted by Crippen LogP contribution is -2.27. The number of quaternary nitrogens is 1. The summed E-state index contributed by atoms with van der Waals surface area (Å²) >= 11 is 0. The summed E-state index contributed by atoms with van der Waals surface area (Å²) in [6.07, 6.45) is 0. The highest BCUT2D eigenvalue weighted by molar-refractivity contribution is 7.86. The highest BCUT2D eigenvalue weighted by atomic mass is 32.2. The molecule has 92 valence electrons. The lowest BCUT2D eigenvalue weighted by Gasteiger charge is -2.14. The van der Waals surface area contributed by atoms with Gasteiger partial charge in [0.1, 0.15) is 0 Å². The molecule has 0 aliphatic carbocycles. The van der Waals surface area contributed by atoms with Gasteiger partial charge in [-0.3, -0.25) is 0 Å². The average molecular weight is 247 g/mol. The Hall–Kier alpha value is -0.950. The number of benzene rings is 1. The largest absolute Gasteiger partial charge is 0.333 e. The first kappa shape index (κ1) is 15.0. The van der Waals surface area contributed by atoms with Crippen LogP contribution in [0.1, 0.15) is 0 Å². The summed E-state index contributed by atoms with van der Waals surface area (Å²) in [6.45, 7) is 0. The Kier molecular flexibility index (Phi) is 5.60. The molecule has 0 heterocycles. The van der Waals surface area contributed by atoms with Crippen LogP contribution in [0.5, 0.6) is 0 Å². The molecule has 5 nitrogen and oxygen atoms in total. The van der Waals surface area contributed by atoms with E-state index in [0.717, 1.165) is 4.48 Å². The summed E-state index contributed by atoms with van der Waals surface area (Å²) in [6, 6.07) is 7.69. The van der Waals surface area contributed by atoms with Crippen LogP contribution in [0.2, 0.25) is 0 Å². The van der Waals surface area contributed by atoms with Crippen LogP contribution < -0.4 is 5.90 Å². The van der Waals surface area contributed by atoms with Crippen molar-refractivity contribution in [3.63, 3.8) is 0 Å². The first-order valence-electron chi connectivity index (χ1n) is 4.64. The first-order chi connectivity index (χ1) is 7.17. The van der Waals surface area contributed by atoms with E-state index in [4.69, 9.17) is 0 Å². The highest BCUT2D eigenvalue weighted by Gasteiger charge is 2.11. The molecule has 0 aliphatic rings. The Labute approximate surface area is 97.1 Å². The van der Waals surface area contributed by atoms with E-state index >= 15 is 0 Å². The molecule has 0 fully saturated rings. The zero-order valence-electron chi connectivity index (χ0n) is 10.0. The number of rotatable bonds is 2. The molecule has 0 saturated carbocycles. The summed E-state index contributed by atoms with van der Waals surface area (Å²) < 4.78 is 26.5. The van der Waals surface area contributed by atoms with Crippen molar-refractivity contribution in [2.75, 3.05) is 28.2 Å². The SMILES string of the molecule is C[N+](C)(C)C.NOS(=O)(=O)c1ccccc1. The smallest absolute Gasteiger partial charge is 0.312 e. The zero-order chi connectivity index (χ0) is 12.8. The Balaban J connectivity index is 0.000000385. The summed E-state index contributed by atoms with van der Waals surface area (Å²) in [4.78, 5) is 0.0579. The minimum absolute atomic E-state index is 0.0579. The van der Waals surface area contributed by atoms with E-state index in [9.17, 15) is 8.42 Å². The third-order valence-electron chi connectivity index (χ3n) is 1.16. The quantitative estimate of drug-likeness (QED) is 0.613. The highest BCUT2D eigenvalue weighted by Crippen LogP contribution is 2.08. The van der Waals surface area contributed by atoms with Crippen LogP contribution >= 0.6 is 0 Å². The molecule has 0 atom stereocenters. The normalized spacial score (nSPS) is 11.6. The maximum absolute atomic E-state index is 10.9. The zero-order valence-corrected chi connectivity index (χ0v) is 10.9. The number of nitrogens with zero attached hydrogens (tertiary/aromatic N) is 1. The van der Waals surface area contributed by atoms with Gasteiger partial charge in [0.25, 0.3) is 0 Å². The fourth-order valence-electron chi connectivity index (χ4n) is 0.643. The minimum Gasteiger partial charge on any atom is -0.333 e. The lowest BCUT2D eigenvalue weighted by atomic mass is 10.4. The molecule has 16 heavy (non-hydrogen) atoms. The predicted molar refractivity (Wildman–Crippen MR) is 62.9 cm³/mol. The number of hydrogen-bond acceptors (Lipinski definition) is 4. The Morgan fingerprint density at radius 3 is 1.75 bits per heavy atom. The van der Waals surface area contributed by atoms with Crippen LogP contribution in [0.4, 0.5) is 0 Å². The van der Waals surface area contributed by atoms with Crippen molar-refractivity contribution in [2.45, 2.75) is 4.90 Å². The van der Waals surface area contributed by atoms with Crippen LogP contribution in [0.25, 0.3) is 0 Å². The van der Waals surface area contributed by atoms with Gasteiger partial charge in [-0.1, -0.05) is 18.2 Å². The average Bonchev–Trinajstić information content (AvgIpc) is 2.17. The summed E-state index contributed by atoms with van der Waals surface area (Å²) in [5, 5.41) is 0. The van der Waals surface area contributed by atoms with Crippen molar-refractivity contribution in [1.29, 1.82) is 0 Å². The van der Waals surface area contributed by atoms with Crippen LogP contribution in [-0.2, 0) is 14.4 Å². The molecule has 6 heteroatoms. The molecule has 0 aromatic heterocycles. The summed E-state index contributed by atoms with van der Waals surface area (Å²) in [5.41, 5.74) is 0. The van der Waals surface area contributed by atoms with Crippen LogP contribution in [-0.4, -0.2) is 41.1 Å². The topological polar surface area (TPSA) is 69.4 Å². The Morgan fingerprint density at radius 2 is 1.44 bits per heavy atom. The lowest BCUT2D eigenvalue weighted by molar-refractivity contribution is -0.849. The van der Waals surface area contributed by atoms with Gasteiger partial charge in [-0.05, 0) is 12.1 Å². The third-order valence-corrected chi connectivity index (χ3v) is 2.26. The minimum atomic E-state index is -3.72. The molecule has 0 radical (unpaired) electrons. The van der Waals surface area contributed by atoms with Gasteiger partial charge in [-0.2, -0.15) is 18.6 Å². The van der Waals surface area contributed by atoms with Crippen molar-refractivity contribution in [2.24, 2.45) is 5.90 Å². The van der Waals surface area contributed by atoms with E-state index in [-0.39, 0.29) is 4.90 Å². The molecule has 0 saturated heterocycles. The maximum Gasteiger partial charge on any atom is 0.312 e. The fourth-order valence-corrected chi connectivity index (χ4v) is 1.24. The van der Waals surface area contributed by atoms with Gasteiger partial charge >= 0.3 is 10.1 Å². The first-order valence-corrected chi connectivity index (χ1v) is 6.05. The standard InChI is InChI=1S/C6H7NO3S.C4H12N/c7-10-11(8,9)6-4-2-1-3-5-6;1-5(2,3)4/h1-5H,7H2;1-4H3/q;+1. The monoisotopic (exact) mass is 247 g/mol. The molecule has 1 rings (SSSR count). The second kappa shape index (κ2) is 5.95. The molecule has 0 spiro atoms. The molecule has 0 unspecified atom stereocenters. The van der Waals surface area contributed by atoms with Crippen LogP contribution in [0.3, 0.4) is 0 Å². The van der Waals surface area contributed by atoms with Crippen molar-refractivity contribution in [1.82, 2.24) is 0 Å². The van der Waals surface area contributed by atoms with Gasteiger partial charge in [0, 0.05) is 0 Å². The van der Waals surface area contributed by atoms with Crippen molar-refractivity contribution >= 4 is 10.1 Å². The number of hydrogen-bond donors (Lipinski definition) is 1. The van der Waals surface area contributed by atoms with Gasteiger partial charge < -0.3 is 4.48 Å². The summed E-state index contributed by atoms with van der Waals surface area (Å²) in [7, 11) is 4.78. The Morgan fingerprint density at radius 1 is 1.06 bits per heavy atom. The molecule has 0 aliphatic heterocycles. The van der Waals surface area contributed by atoms with Gasteiger partial charge in [0.15, 0.2) is 0 Å². The molecule has 1 aromatic rings. The Bertz CT molecular complexity index is 390. The second-order valence-corrected chi connectivity index (χ2v) is 6.12. The molecular weight excluding hydrogens is 228 g/mol. The molecular formula is C10H19N2O3S+. The van der Waals surface area contributed by atoms with Gasteiger partial charge in [0.05, 0.1) is 33.1 Å². The molecule has 2 N–H and O–H groups in total. The van der Waals surface area contributed by atoms with Crippen LogP contribution in [0.15, 0.2) is 35.2 Å².